The number of hydrogen-bond donors (Lipinski definition) is 0. The van der Waals surface area contributed by atoms with Crippen LogP contribution in [0.5, 0.6) is 0 Å². The summed E-state index contributed by atoms with van der Waals surface area (Å²) in [4.78, 5) is 17.4. The van der Waals surface area contributed by atoms with Gasteiger partial charge in [0.15, 0.2) is 5.16 Å². The first kappa shape index (κ1) is 18.0. The second kappa shape index (κ2) is 9.06. The predicted octanol–water partition coefficient (Wildman–Crippen LogP) is 3.59. The van der Waals surface area contributed by atoms with Crippen molar-refractivity contribution in [1.29, 1.82) is 5.26 Å². The summed E-state index contributed by atoms with van der Waals surface area (Å²) in [6.07, 6.45) is 2.36. The Balaban J connectivity index is 2.31. The van der Waals surface area contributed by atoms with Gasteiger partial charge in [-0.3, -0.25) is 9.36 Å². The number of methoxy groups -OCH3 is 1. The van der Waals surface area contributed by atoms with Crippen LogP contribution in [-0.2, 0) is 11.3 Å². The van der Waals surface area contributed by atoms with Crippen LogP contribution < -0.4 is 5.56 Å². The van der Waals surface area contributed by atoms with Gasteiger partial charge in [-0.1, -0.05) is 27.7 Å². The summed E-state index contributed by atoms with van der Waals surface area (Å²) in [6.45, 7) is 0.939. The van der Waals surface area contributed by atoms with Gasteiger partial charge in [0.25, 0.3) is 5.56 Å². The summed E-state index contributed by atoms with van der Waals surface area (Å²) < 4.78 is 7.64. The Bertz CT molecular complexity index is 770. The number of ether oxygens (including phenoxy) is 1. The van der Waals surface area contributed by atoms with E-state index in [-0.39, 0.29) is 5.56 Å². The zero-order chi connectivity index (χ0) is 16.7. The monoisotopic (exact) mass is 395 g/mol. The Hall–Kier alpha value is -1.36. The van der Waals surface area contributed by atoms with E-state index in [1.165, 1.54) is 0 Å². The molecule has 0 saturated carbocycles. The molecule has 0 atom stereocenters. The highest BCUT2D eigenvalue weighted by molar-refractivity contribution is 9.10. The molecule has 0 unspecified atom stereocenters. The van der Waals surface area contributed by atoms with Crippen LogP contribution in [0.1, 0.15) is 19.3 Å². The number of halogens is 1. The zero-order valence-electron chi connectivity index (χ0n) is 12.9. The summed E-state index contributed by atoms with van der Waals surface area (Å²) >= 11 is 4.95. The van der Waals surface area contributed by atoms with Crippen molar-refractivity contribution in [3.63, 3.8) is 0 Å². The molecule has 0 saturated heterocycles. The molecule has 2 rings (SSSR count). The maximum atomic E-state index is 12.7. The van der Waals surface area contributed by atoms with Gasteiger partial charge in [0.2, 0.25) is 0 Å². The van der Waals surface area contributed by atoms with Gasteiger partial charge in [-0.25, -0.2) is 4.98 Å². The molecule has 2 aromatic rings. The summed E-state index contributed by atoms with van der Waals surface area (Å²) in [6, 6.07) is 7.68. The fourth-order valence-corrected chi connectivity index (χ4v) is 3.52. The molecular formula is C16H18BrN3O2S. The maximum absolute atomic E-state index is 12.7. The number of nitrogens with zero attached hydrogens (tertiary/aromatic N) is 3. The number of fused-ring (bicyclic) bond motifs is 1. The molecule has 0 fully saturated rings. The van der Waals surface area contributed by atoms with Crippen LogP contribution in [0.15, 0.2) is 32.6 Å². The lowest BCUT2D eigenvalue weighted by molar-refractivity contribution is 0.183. The Morgan fingerprint density at radius 1 is 1.43 bits per heavy atom. The SMILES string of the molecule is COCCn1c(SCCCCC#N)nc2ccc(Br)cc2c1=O. The van der Waals surface area contributed by atoms with E-state index in [1.54, 1.807) is 29.5 Å². The van der Waals surface area contributed by atoms with Crippen molar-refractivity contribution in [2.24, 2.45) is 0 Å². The summed E-state index contributed by atoms with van der Waals surface area (Å²) in [7, 11) is 1.62. The smallest absolute Gasteiger partial charge is 0.262 e. The first-order valence-electron chi connectivity index (χ1n) is 7.36. The quantitative estimate of drug-likeness (QED) is 0.388. The lowest BCUT2D eigenvalue weighted by atomic mass is 10.2. The van der Waals surface area contributed by atoms with E-state index in [0.29, 0.717) is 35.6 Å². The molecule has 0 amide bonds. The van der Waals surface area contributed by atoms with Gasteiger partial charge in [0, 0.05) is 23.8 Å². The number of benzene rings is 1. The van der Waals surface area contributed by atoms with Crippen molar-refractivity contribution in [3.8, 4) is 6.07 Å². The highest BCUT2D eigenvalue weighted by Crippen LogP contribution is 2.21. The standard InChI is InChI=1S/C16H18BrN3O2S/c1-22-9-8-20-15(21)13-11-12(17)5-6-14(13)19-16(20)23-10-4-2-3-7-18/h5-6,11H,2-4,8-10H2,1H3. The first-order chi connectivity index (χ1) is 11.2. The lowest BCUT2D eigenvalue weighted by Crippen LogP contribution is -2.25. The number of hydrogen-bond acceptors (Lipinski definition) is 5. The molecular weight excluding hydrogens is 378 g/mol. The summed E-state index contributed by atoms with van der Waals surface area (Å²) in [5.74, 6) is 0.836. The van der Waals surface area contributed by atoms with Crippen LogP contribution in [0.3, 0.4) is 0 Å². The normalized spacial score (nSPS) is 10.8. The minimum atomic E-state index is -0.0483. The third-order valence-electron chi connectivity index (χ3n) is 3.31. The highest BCUT2D eigenvalue weighted by Gasteiger charge is 2.11. The highest BCUT2D eigenvalue weighted by atomic mass is 79.9. The van der Waals surface area contributed by atoms with E-state index in [1.807, 2.05) is 12.1 Å². The van der Waals surface area contributed by atoms with Gasteiger partial charge in [0.05, 0.1) is 30.1 Å². The van der Waals surface area contributed by atoms with Crippen LogP contribution >= 0.6 is 27.7 Å². The van der Waals surface area contributed by atoms with Crippen LogP contribution in [-0.4, -0.2) is 29.0 Å². The molecule has 1 aromatic heterocycles. The molecule has 0 bridgehead atoms. The fraction of sp³-hybridized carbons (Fsp3) is 0.438. The van der Waals surface area contributed by atoms with Gasteiger partial charge < -0.3 is 4.74 Å². The van der Waals surface area contributed by atoms with Crippen LogP contribution in [0.2, 0.25) is 0 Å². The molecule has 0 spiro atoms. The van der Waals surface area contributed by atoms with E-state index in [0.717, 1.165) is 23.1 Å². The second-order valence-electron chi connectivity index (χ2n) is 4.97. The van der Waals surface area contributed by atoms with Crippen molar-refractivity contribution < 1.29 is 4.74 Å². The molecule has 5 nitrogen and oxygen atoms in total. The van der Waals surface area contributed by atoms with E-state index in [9.17, 15) is 4.79 Å². The van der Waals surface area contributed by atoms with Gasteiger partial charge in [-0.2, -0.15) is 5.26 Å². The maximum Gasteiger partial charge on any atom is 0.262 e. The van der Waals surface area contributed by atoms with Crippen molar-refractivity contribution in [1.82, 2.24) is 9.55 Å². The molecule has 0 aliphatic carbocycles. The van der Waals surface area contributed by atoms with Crippen molar-refractivity contribution in [3.05, 3.63) is 33.0 Å². The molecule has 1 aromatic carbocycles. The topological polar surface area (TPSA) is 67.9 Å². The van der Waals surface area contributed by atoms with Crippen LogP contribution in [0, 0.1) is 11.3 Å². The van der Waals surface area contributed by atoms with E-state index < -0.39 is 0 Å². The summed E-state index contributed by atoms with van der Waals surface area (Å²) in [5.41, 5.74) is 0.652. The first-order valence-corrected chi connectivity index (χ1v) is 9.14. The third kappa shape index (κ3) is 4.80. The Morgan fingerprint density at radius 2 is 2.26 bits per heavy atom. The second-order valence-corrected chi connectivity index (χ2v) is 6.95. The molecule has 7 heteroatoms. The summed E-state index contributed by atoms with van der Waals surface area (Å²) in [5, 5.41) is 9.88. The minimum absolute atomic E-state index is 0.0483. The largest absolute Gasteiger partial charge is 0.383 e. The zero-order valence-corrected chi connectivity index (χ0v) is 15.3. The number of thioether (sulfide) groups is 1. The molecule has 0 N–H and O–H groups in total. The molecule has 0 aliphatic heterocycles. The van der Waals surface area contributed by atoms with Crippen molar-refractivity contribution >= 4 is 38.6 Å². The van der Waals surface area contributed by atoms with Gasteiger partial charge in [0.1, 0.15) is 0 Å². The van der Waals surface area contributed by atoms with Crippen LogP contribution in [0.25, 0.3) is 10.9 Å². The number of rotatable bonds is 8. The molecule has 23 heavy (non-hydrogen) atoms. The van der Waals surface area contributed by atoms with E-state index in [2.05, 4.69) is 27.0 Å². The third-order valence-corrected chi connectivity index (χ3v) is 4.87. The van der Waals surface area contributed by atoms with Gasteiger partial charge in [-0.05, 0) is 31.0 Å². The van der Waals surface area contributed by atoms with Crippen molar-refractivity contribution in [2.45, 2.75) is 31.0 Å². The fourth-order valence-electron chi connectivity index (χ4n) is 2.13. The predicted molar refractivity (Wildman–Crippen MR) is 95.8 cm³/mol. The molecule has 1 heterocycles. The Kier molecular flexibility index (Phi) is 7.09. The molecule has 122 valence electrons. The molecule has 0 radical (unpaired) electrons. The van der Waals surface area contributed by atoms with E-state index in [4.69, 9.17) is 10.00 Å². The number of unbranched alkanes of at least 4 members (excludes halogenated alkanes) is 2. The van der Waals surface area contributed by atoms with Gasteiger partial charge in [-0.15, -0.1) is 0 Å². The van der Waals surface area contributed by atoms with E-state index >= 15 is 0 Å². The Morgan fingerprint density at radius 3 is 3.00 bits per heavy atom. The average Bonchev–Trinajstić information content (AvgIpc) is 2.55. The van der Waals surface area contributed by atoms with Gasteiger partial charge >= 0.3 is 0 Å². The minimum Gasteiger partial charge on any atom is -0.383 e. The van der Waals surface area contributed by atoms with Crippen molar-refractivity contribution in [2.75, 3.05) is 19.5 Å². The lowest BCUT2D eigenvalue weighted by Gasteiger charge is -2.12. The Labute approximate surface area is 147 Å². The number of aromatic nitrogens is 2. The number of nitriles is 1. The van der Waals surface area contributed by atoms with Crippen LogP contribution in [0.4, 0.5) is 0 Å². The average molecular weight is 396 g/mol. The molecule has 0 aliphatic rings.